The second-order valence-electron chi connectivity index (χ2n) is 21.7. The van der Waals surface area contributed by atoms with Crippen LogP contribution in [0.3, 0.4) is 0 Å². The number of pyridine rings is 1. The van der Waals surface area contributed by atoms with Crippen molar-refractivity contribution in [2.45, 2.75) is 52.4 Å². The average molecular weight is 961 g/mol. The number of hydrogen-bond donors (Lipinski definition) is 0. The van der Waals surface area contributed by atoms with Crippen molar-refractivity contribution in [1.82, 2.24) is 9.55 Å². The summed E-state index contributed by atoms with van der Waals surface area (Å²) < 4.78 is 16.0. The summed E-state index contributed by atoms with van der Waals surface area (Å²) in [5.41, 5.74) is 17.6. The molecule has 6 heteroatoms. The summed E-state index contributed by atoms with van der Waals surface area (Å²) in [6, 6.07) is 76.1. The molecule has 9 aromatic carbocycles. The fraction of sp³-hybridized carbons (Fsp3) is 0.132. The molecule has 0 atom stereocenters. The molecule has 74 heavy (non-hydrogen) atoms. The number of aromatic nitrogens is 2. The molecule has 0 spiro atoms. The molecule has 0 radical (unpaired) electrons. The van der Waals surface area contributed by atoms with Gasteiger partial charge < -0.3 is 19.0 Å². The van der Waals surface area contributed by atoms with Crippen molar-refractivity contribution in [2.24, 2.45) is 0 Å². The number of furan rings is 1. The molecule has 1 aliphatic heterocycles. The molecule has 1 aliphatic rings. The molecule has 0 bridgehead atoms. The predicted octanol–water partition coefficient (Wildman–Crippen LogP) is 18.7. The Bertz CT molecular complexity index is 4110. The minimum atomic E-state index is -0.0738. The lowest BCUT2D eigenvalue weighted by Gasteiger charge is -2.28. The van der Waals surface area contributed by atoms with Crippen LogP contribution >= 0.6 is 0 Å². The number of hydrogen-bond acceptors (Lipinski definition) is 5. The van der Waals surface area contributed by atoms with Gasteiger partial charge in [-0.1, -0.05) is 181 Å². The van der Waals surface area contributed by atoms with E-state index >= 15 is 0 Å². The molecular weight excluding hydrogens is 905 g/mol. The Hall–Kier alpha value is -8.87. The number of benzene rings is 9. The molecule has 0 fully saturated rings. The molecule has 12 aromatic rings. The third-order valence-corrected chi connectivity index (χ3v) is 14.8. The Morgan fingerprint density at radius 1 is 0.486 bits per heavy atom. The van der Waals surface area contributed by atoms with Gasteiger partial charge in [-0.25, -0.2) is 4.98 Å². The van der Waals surface area contributed by atoms with Crippen molar-refractivity contribution < 1.29 is 9.15 Å². The van der Waals surface area contributed by atoms with Gasteiger partial charge in [0.05, 0.1) is 28.0 Å². The smallest absolute Gasteiger partial charge is 0.161 e. The van der Waals surface area contributed by atoms with Crippen molar-refractivity contribution in [1.29, 1.82) is 0 Å². The maximum Gasteiger partial charge on any atom is 0.161 e. The molecule has 0 amide bonds. The van der Waals surface area contributed by atoms with Crippen molar-refractivity contribution in [2.75, 3.05) is 16.5 Å². The molecule has 6 nitrogen and oxygen atoms in total. The zero-order valence-electron chi connectivity index (χ0n) is 42.6. The van der Waals surface area contributed by atoms with Crippen LogP contribution in [0.2, 0.25) is 0 Å². The van der Waals surface area contributed by atoms with E-state index in [-0.39, 0.29) is 10.8 Å². The van der Waals surface area contributed by atoms with Crippen LogP contribution in [0.4, 0.5) is 22.7 Å². The van der Waals surface area contributed by atoms with Crippen LogP contribution in [-0.2, 0) is 10.8 Å². The maximum absolute atomic E-state index is 6.92. The van der Waals surface area contributed by atoms with Crippen molar-refractivity contribution in [3.63, 3.8) is 0 Å². The number of rotatable bonds is 8. The SMILES string of the molecule is CC(C)(C)c1ccc(-c2cccc(-c3cccc(-c4ccccc4)c3)c2N2CN(c3cccc(Oc4ccc5c6oc7ccc8ccccc8c7c6n(-c6cc(C(C)(C)C)ccn6)c5c4)c3)c3ccccc32)cc1. The molecule has 0 saturated carbocycles. The molecule has 0 N–H and O–H groups in total. The minimum absolute atomic E-state index is 0.0413. The summed E-state index contributed by atoms with van der Waals surface area (Å²) in [6.07, 6.45) is 1.92. The number of ether oxygens (including phenoxy) is 1. The van der Waals surface area contributed by atoms with E-state index in [9.17, 15) is 0 Å². The van der Waals surface area contributed by atoms with Gasteiger partial charge in [0.15, 0.2) is 5.58 Å². The highest BCUT2D eigenvalue weighted by Gasteiger charge is 2.32. The summed E-state index contributed by atoms with van der Waals surface area (Å²) in [7, 11) is 0. The van der Waals surface area contributed by atoms with Crippen molar-refractivity contribution in [3.05, 3.63) is 230 Å². The van der Waals surface area contributed by atoms with Crippen LogP contribution in [0.15, 0.2) is 223 Å². The van der Waals surface area contributed by atoms with Crippen LogP contribution in [0.1, 0.15) is 52.7 Å². The number of anilines is 4. The molecule has 4 heterocycles. The summed E-state index contributed by atoms with van der Waals surface area (Å²) in [4.78, 5) is 9.92. The predicted molar refractivity (Wildman–Crippen MR) is 308 cm³/mol. The second-order valence-corrected chi connectivity index (χ2v) is 21.7. The van der Waals surface area contributed by atoms with Crippen LogP contribution < -0.4 is 14.5 Å². The minimum Gasteiger partial charge on any atom is -0.457 e. The number of fused-ring (bicyclic) bond motifs is 8. The highest BCUT2D eigenvalue weighted by molar-refractivity contribution is 6.24. The molecule has 13 rings (SSSR count). The van der Waals surface area contributed by atoms with Gasteiger partial charge in [-0.2, -0.15) is 0 Å². The van der Waals surface area contributed by atoms with Crippen molar-refractivity contribution >= 4 is 66.5 Å². The van der Waals surface area contributed by atoms with E-state index in [4.69, 9.17) is 14.1 Å². The van der Waals surface area contributed by atoms with Gasteiger partial charge in [-0.3, -0.25) is 4.57 Å². The summed E-state index contributed by atoms with van der Waals surface area (Å²) in [5.74, 6) is 2.29. The highest BCUT2D eigenvalue weighted by Crippen LogP contribution is 2.51. The first kappa shape index (κ1) is 45.0. The zero-order chi connectivity index (χ0) is 50.3. The summed E-state index contributed by atoms with van der Waals surface area (Å²) in [5, 5.41) is 4.37. The first-order chi connectivity index (χ1) is 35.9. The standard InChI is InChI=1S/C68H56N4O2/c1-67(2,3)49-32-29-46(30-33-49)55-25-16-26-56(48-21-14-20-47(39-48)44-17-8-7-9-18-44)64(55)71-43-70(58-27-12-13-28-59(58)71)51-22-15-23-52(41-51)73-53-34-35-57-60(42-53)72(62-40-50(37-38-69-62)68(4,5)6)65-63-54-24-11-10-19-45(54)31-36-61(63)74-66(57)65/h7-42H,43H2,1-6H3. The lowest BCUT2D eigenvalue weighted by molar-refractivity contribution is 0.483. The molecule has 360 valence electrons. The number of nitrogens with zero attached hydrogens (tertiary/aromatic N) is 4. The van der Waals surface area contributed by atoms with Gasteiger partial charge in [0, 0.05) is 40.5 Å². The first-order valence-electron chi connectivity index (χ1n) is 25.6. The van der Waals surface area contributed by atoms with E-state index < -0.39 is 0 Å². The van der Waals surface area contributed by atoms with Crippen molar-refractivity contribution in [3.8, 4) is 50.7 Å². The second kappa shape index (κ2) is 17.4. The van der Waals surface area contributed by atoms with Crippen LogP contribution in [-0.4, -0.2) is 16.2 Å². The monoisotopic (exact) mass is 960 g/mol. The lowest BCUT2D eigenvalue weighted by atomic mass is 9.85. The Morgan fingerprint density at radius 3 is 1.96 bits per heavy atom. The average Bonchev–Trinajstić information content (AvgIpc) is 4.11. The Labute approximate surface area is 432 Å². The largest absolute Gasteiger partial charge is 0.457 e. The summed E-state index contributed by atoms with van der Waals surface area (Å²) >= 11 is 0. The highest BCUT2D eigenvalue weighted by atomic mass is 16.5. The Morgan fingerprint density at radius 2 is 1.16 bits per heavy atom. The van der Waals surface area contributed by atoms with Gasteiger partial charge in [0.1, 0.15) is 35.1 Å². The van der Waals surface area contributed by atoms with E-state index in [0.29, 0.717) is 6.67 Å². The number of para-hydroxylation sites is 3. The molecule has 3 aromatic heterocycles. The summed E-state index contributed by atoms with van der Waals surface area (Å²) in [6.45, 7) is 14.1. The maximum atomic E-state index is 6.92. The van der Waals surface area contributed by atoms with Gasteiger partial charge in [0.2, 0.25) is 0 Å². The third-order valence-electron chi connectivity index (χ3n) is 14.8. The molecule has 0 aliphatic carbocycles. The molecular formula is C68H56N4O2. The first-order valence-corrected chi connectivity index (χ1v) is 25.6. The van der Waals surface area contributed by atoms with Gasteiger partial charge >= 0.3 is 0 Å². The molecule has 0 saturated heterocycles. The normalized spacial score (nSPS) is 12.9. The fourth-order valence-electron chi connectivity index (χ4n) is 11.0. The Balaban J connectivity index is 0.906. The van der Waals surface area contributed by atoms with Gasteiger partial charge in [0.25, 0.3) is 0 Å². The van der Waals surface area contributed by atoms with Gasteiger partial charge in [-0.15, -0.1) is 0 Å². The fourth-order valence-corrected chi connectivity index (χ4v) is 11.0. The third kappa shape index (κ3) is 7.77. The van der Waals surface area contributed by atoms with E-state index in [1.54, 1.807) is 0 Å². The van der Waals surface area contributed by atoms with Gasteiger partial charge in [-0.05, 0) is 116 Å². The van der Waals surface area contributed by atoms with Crippen LogP contribution in [0.5, 0.6) is 11.5 Å². The van der Waals surface area contributed by atoms with E-state index in [2.05, 4.69) is 262 Å². The quantitative estimate of drug-likeness (QED) is 0.152. The Kier molecular flexibility index (Phi) is 10.6. The lowest BCUT2D eigenvalue weighted by Crippen LogP contribution is -2.25. The molecule has 0 unspecified atom stereocenters. The van der Waals surface area contributed by atoms with E-state index in [1.807, 2.05) is 12.3 Å². The van der Waals surface area contributed by atoms with Crippen LogP contribution in [0, 0.1) is 0 Å². The zero-order valence-corrected chi connectivity index (χ0v) is 42.6. The van der Waals surface area contributed by atoms with Crippen LogP contribution in [0.25, 0.3) is 82.9 Å². The van der Waals surface area contributed by atoms with E-state index in [1.165, 1.54) is 38.9 Å². The topological polar surface area (TPSA) is 46.7 Å². The van der Waals surface area contributed by atoms with E-state index in [0.717, 1.165) is 89.4 Å².